The zero-order chi connectivity index (χ0) is 10.7. The predicted molar refractivity (Wildman–Crippen MR) is 58.3 cm³/mol. The molecule has 0 saturated heterocycles. The van der Waals surface area contributed by atoms with E-state index in [4.69, 9.17) is 9.47 Å². The summed E-state index contributed by atoms with van der Waals surface area (Å²) in [6, 6.07) is 3.87. The summed E-state index contributed by atoms with van der Waals surface area (Å²) >= 11 is 0. The number of methoxy groups -OCH3 is 2. The van der Waals surface area contributed by atoms with Crippen LogP contribution in [0.2, 0.25) is 0 Å². The van der Waals surface area contributed by atoms with Gasteiger partial charge in [-0.2, -0.15) is 0 Å². The highest BCUT2D eigenvalue weighted by molar-refractivity contribution is 5.60. The van der Waals surface area contributed by atoms with Crippen LogP contribution in [0.15, 0.2) is 12.1 Å². The highest BCUT2D eigenvalue weighted by Crippen LogP contribution is 2.32. The van der Waals surface area contributed by atoms with E-state index < -0.39 is 0 Å². The number of hydrogen-bond acceptors (Lipinski definition) is 3. The summed E-state index contributed by atoms with van der Waals surface area (Å²) in [7, 11) is 7.19. The van der Waals surface area contributed by atoms with Crippen LogP contribution in [-0.2, 0) is 0 Å². The summed E-state index contributed by atoms with van der Waals surface area (Å²) < 4.78 is 10.4. The molecular weight excluding hydrogens is 178 g/mol. The summed E-state index contributed by atoms with van der Waals surface area (Å²) in [4.78, 5) is 1.99. The lowest BCUT2D eigenvalue weighted by Gasteiger charge is -2.17. The second-order valence-electron chi connectivity index (χ2n) is 3.22. The van der Waals surface area contributed by atoms with Crippen molar-refractivity contribution in [3.8, 4) is 11.5 Å². The van der Waals surface area contributed by atoms with Gasteiger partial charge in [0.05, 0.1) is 14.2 Å². The Kier molecular flexibility index (Phi) is 3.23. The minimum absolute atomic E-state index is 0.744. The van der Waals surface area contributed by atoms with E-state index >= 15 is 0 Å². The Morgan fingerprint density at radius 3 is 1.79 bits per heavy atom. The van der Waals surface area contributed by atoms with Crippen LogP contribution in [0.1, 0.15) is 5.56 Å². The van der Waals surface area contributed by atoms with Crippen LogP contribution in [0.3, 0.4) is 0 Å². The van der Waals surface area contributed by atoms with Gasteiger partial charge in [-0.05, 0) is 6.92 Å². The highest BCUT2D eigenvalue weighted by atomic mass is 16.5. The number of benzene rings is 1. The first kappa shape index (κ1) is 10.7. The number of hydrogen-bond donors (Lipinski definition) is 0. The molecule has 1 aromatic rings. The van der Waals surface area contributed by atoms with Crippen molar-refractivity contribution in [1.29, 1.82) is 0 Å². The van der Waals surface area contributed by atoms with Gasteiger partial charge in [-0.25, -0.2) is 0 Å². The average molecular weight is 194 g/mol. The van der Waals surface area contributed by atoms with Crippen molar-refractivity contribution in [1.82, 2.24) is 0 Å². The molecule has 1 radical (unpaired) electrons. The Hall–Kier alpha value is -1.38. The molecule has 0 aliphatic rings. The molecule has 0 amide bonds. The third kappa shape index (κ3) is 1.92. The van der Waals surface area contributed by atoms with Gasteiger partial charge >= 0.3 is 0 Å². The number of nitrogens with zero attached hydrogens (tertiary/aromatic N) is 1. The van der Waals surface area contributed by atoms with Gasteiger partial charge in [-0.15, -0.1) is 0 Å². The molecule has 0 N–H and O–H groups in total. The van der Waals surface area contributed by atoms with E-state index in [9.17, 15) is 0 Å². The molecule has 0 aliphatic carbocycles. The van der Waals surface area contributed by atoms with Crippen molar-refractivity contribution in [3.05, 3.63) is 24.6 Å². The number of rotatable bonds is 3. The van der Waals surface area contributed by atoms with Crippen LogP contribution >= 0.6 is 0 Å². The van der Waals surface area contributed by atoms with Gasteiger partial charge in [-0.1, -0.05) is 0 Å². The van der Waals surface area contributed by atoms with Gasteiger partial charge < -0.3 is 14.4 Å². The van der Waals surface area contributed by atoms with Crippen LogP contribution in [0.5, 0.6) is 11.5 Å². The minimum Gasteiger partial charge on any atom is -0.496 e. The van der Waals surface area contributed by atoms with E-state index in [1.54, 1.807) is 14.2 Å². The maximum atomic E-state index is 5.21. The van der Waals surface area contributed by atoms with Gasteiger partial charge in [0.25, 0.3) is 0 Å². The standard InChI is InChI=1S/C11H16NO2/c1-8-10(13-4)6-9(12(2)3)7-11(8)14-5/h6-7H,1H2,2-5H3. The molecule has 3 nitrogen and oxygen atoms in total. The smallest absolute Gasteiger partial charge is 0.127 e. The molecule has 0 atom stereocenters. The molecule has 1 aromatic carbocycles. The molecule has 14 heavy (non-hydrogen) atoms. The Labute approximate surface area is 85.2 Å². The summed E-state index contributed by atoms with van der Waals surface area (Å²) in [5.41, 5.74) is 1.81. The maximum absolute atomic E-state index is 5.21. The lowest BCUT2D eigenvalue weighted by molar-refractivity contribution is 0.391. The van der Waals surface area contributed by atoms with Crippen molar-refractivity contribution >= 4 is 5.69 Å². The SMILES string of the molecule is [CH2]c1c(OC)cc(N(C)C)cc1OC. The first-order valence-electron chi connectivity index (χ1n) is 4.35. The fourth-order valence-electron chi connectivity index (χ4n) is 1.23. The molecule has 0 bridgehead atoms. The van der Waals surface area contributed by atoms with Crippen LogP contribution in [-0.4, -0.2) is 28.3 Å². The largest absolute Gasteiger partial charge is 0.496 e. The van der Waals surface area contributed by atoms with Gasteiger partial charge in [0, 0.05) is 37.5 Å². The Morgan fingerprint density at radius 2 is 1.50 bits per heavy atom. The van der Waals surface area contributed by atoms with Crippen LogP contribution in [0, 0.1) is 6.92 Å². The van der Waals surface area contributed by atoms with E-state index in [1.165, 1.54) is 0 Å². The summed E-state index contributed by atoms with van der Waals surface area (Å²) in [6.45, 7) is 3.89. The van der Waals surface area contributed by atoms with Crippen LogP contribution in [0.25, 0.3) is 0 Å². The predicted octanol–water partition coefficient (Wildman–Crippen LogP) is 1.95. The topological polar surface area (TPSA) is 21.7 Å². The fourth-order valence-corrected chi connectivity index (χ4v) is 1.23. The quantitative estimate of drug-likeness (QED) is 0.734. The Bertz CT molecular complexity index is 296. The van der Waals surface area contributed by atoms with Gasteiger partial charge in [0.1, 0.15) is 11.5 Å². The molecule has 0 unspecified atom stereocenters. The normalized spacial score (nSPS) is 9.79. The average Bonchev–Trinajstić information content (AvgIpc) is 2.17. The van der Waals surface area contributed by atoms with Crippen molar-refractivity contribution in [2.75, 3.05) is 33.2 Å². The third-order valence-corrected chi connectivity index (χ3v) is 2.11. The van der Waals surface area contributed by atoms with Crippen molar-refractivity contribution < 1.29 is 9.47 Å². The lowest BCUT2D eigenvalue weighted by atomic mass is 10.1. The van der Waals surface area contributed by atoms with Crippen LogP contribution < -0.4 is 14.4 Å². The van der Waals surface area contributed by atoms with Gasteiger partial charge in [-0.3, -0.25) is 0 Å². The molecule has 0 fully saturated rings. The molecule has 0 heterocycles. The zero-order valence-electron chi connectivity index (χ0n) is 9.13. The Morgan fingerprint density at radius 1 is 1.07 bits per heavy atom. The summed E-state index contributed by atoms with van der Waals surface area (Å²) in [5.74, 6) is 1.49. The zero-order valence-corrected chi connectivity index (χ0v) is 9.13. The van der Waals surface area contributed by atoms with Crippen molar-refractivity contribution in [2.45, 2.75) is 0 Å². The molecule has 3 heteroatoms. The minimum atomic E-state index is 0.744. The number of ether oxygens (including phenoxy) is 2. The van der Waals surface area contributed by atoms with E-state index in [1.807, 2.05) is 31.1 Å². The lowest BCUT2D eigenvalue weighted by Crippen LogP contribution is -2.09. The third-order valence-electron chi connectivity index (χ3n) is 2.11. The fraction of sp³-hybridized carbons (Fsp3) is 0.364. The molecule has 1 rings (SSSR count). The molecule has 0 saturated carbocycles. The Balaban J connectivity index is 3.25. The summed E-state index contributed by atoms with van der Waals surface area (Å²) in [6.07, 6.45) is 0. The molecule has 0 aliphatic heterocycles. The number of anilines is 1. The van der Waals surface area contributed by atoms with E-state index in [0.29, 0.717) is 0 Å². The van der Waals surface area contributed by atoms with E-state index in [-0.39, 0.29) is 0 Å². The van der Waals surface area contributed by atoms with Crippen molar-refractivity contribution in [2.24, 2.45) is 0 Å². The molecule has 0 aromatic heterocycles. The van der Waals surface area contributed by atoms with E-state index in [0.717, 1.165) is 22.7 Å². The van der Waals surface area contributed by atoms with Crippen molar-refractivity contribution in [3.63, 3.8) is 0 Å². The van der Waals surface area contributed by atoms with E-state index in [2.05, 4.69) is 6.92 Å². The molecular formula is C11H16NO2. The second kappa shape index (κ2) is 4.22. The first-order chi connectivity index (χ1) is 6.60. The molecule has 77 valence electrons. The van der Waals surface area contributed by atoms with Gasteiger partial charge in [0.15, 0.2) is 0 Å². The van der Waals surface area contributed by atoms with Crippen LogP contribution in [0.4, 0.5) is 5.69 Å². The monoisotopic (exact) mass is 194 g/mol. The molecule has 0 spiro atoms. The maximum Gasteiger partial charge on any atom is 0.127 e. The second-order valence-corrected chi connectivity index (χ2v) is 3.22. The van der Waals surface area contributed by atoms with Gasteiger partial charge in [0.2, 0.25) is 0 Å². The first-order valence-corrected chi connectivity index (χ1v) is 4.35. The highest BCUT2D eigenvalue weighted by Gasteiger charge is 2.08. The summed E-state index contributed by atoms with van der Waals surface area (Å²) in [5, 5.41) is 0.